The molecule has 5 heteroatoms. The summed E-state index contributed by atoms with van der Waals surface area (Å²) in [5, 5.41) is 4.72. The van der Waals surface area contributed by atoms with Gasteiger partial charge in [-0.25, -0.2) is 0 Å². The highest BCUT2D eigenvalue weighted by Gasteiger charge is 2.24. The molecule has 2 N–H and O–H groups in total. The first kappa shape index (κ1) is 14.0. The normalized spacial score (nSPS) is 23.8. The fraction of sp³-hybridized carbons (Fsp3) is 0.800. The summed E-state index contributed by atoms with van der Waals surface area (Å²) in [5.74, 6) is 0. The van der Waals surface area contributed by atoms with E-state index < -0.39 is 0 Å². The number of hydrogen-bond acceptors (Lipinski definition) is 4. The van der Waals surface area contributed by atoms with Crippen LogP contribution < -0.4 is 5.73 Å². The van der Waals surface area contributed by atoms with E-state index in [1.54, 1.807) is 0 Å². The first-order valence-corrected chi connectivity index (χ1v) is 7.87. The van der Waals surface area contributed by atoms with E-state index in [2.05, 4.69) is 16.5 Å². The second-order valence-electron chi connectivity index (χ2n) is 5.98. The van der Waals surface area contributed by atoms with Gasteiger partial charge in [-0.2, -0.15) is 5.10 Å². The average molecular weight is 278 g/mol. The van der Waals surface area contributed by atoms with Crippen molar-refractivity contribution in [2.24, 2.45) is 5.73 Å². The van der Waals surface area contributed by atoms with E-state index in [-0.39, 0.29) is 6.04 Å². The molecular weight excluding hydrogens is 252 g/mol. The molecule has 0 bridgehead atoms. The Balaban J connectivity index is 1.59. The zero-order chi connectivity index (χ0) is 13.9. The molecule has 1 aromatic heterocycles. The second-order valence-corrected chi connectivity index (χ2v) is 5.98. The van der Waals surface area contributed by atoms with Gasteiger partial charge in [0.1, 0.15) is 0 Å². The lowest BCUT2D eigenvalue weighted by molar-refractivity contribution is 0.0368. The molecule has 2 heterocycles. The van der Waals surface area contributed by atoms with Crippen molar-refractivity contribution in [1.82, 2.24) is 14.7 Å². The van der Waals surface area contributed by atoms with Crippen molar-refractivity contribution in [2.45, 2.75) is 45.2 Å². The van der Waals surface area contributed by atoms with Gasteiger partial charge in [-0.3, -0.25) is 9.58 Å². The Hall–Kier alpha value is -0.910. The number of nitrogens with two attached hydrogens (primary N) is 1. The lowest BCUT2D eigenvalue weighted by atomic mass is 9.92. The van der Waals surface area contributed by atoms with Gasteiger partial charge in [0.25, 0.3) is 0 Å². The van der Waals surface area contributed by atoms with Gasteiger partial charge in [0.15, 0.2) is 0 Å². The Kier molecular flexibility index (Phi) is 4.38. The molecule has 1 fully saturated rings. The highest BCUT2D eigenvalue weighted by Crippen LogP contribution is 2.30. The zero-order valence-corrected chi connectivity index (χ0v) is 12.5. The van der Waals surface area contributed by atoms with Crippen LogP contribution in [0.2, 0.25) is 0 Å². The van der Waals surface area contributed by atoms with Crippen LogP contribution in [0.4, 0.5) is 0 Å². The molecule has 0 spiro atoms. The SMILES string of the molecule is Cc1nn(CCCN2CCOCC2)c2c1C(N)CCC2. The van der Waals surface area contributed by atoms with Crippen LogP contribution in [0.5, 0.6) is 0 Å². The number of aryl methyl sites for hydroxylation is 2. The Bertz CT molecular complexity index is 451. The smallest absolute Gasteiger partial charge is 0.0644 e. The molecule has 1 atom stereocenters. The van der Waals surface area contributed by atoms with E-state index >= 15 is 0 Å². The number of rotatable bonds is 4. The summed E-state index contributed by atoms with van der Waals surface area (Å²) in [4.78, 5) is 2.48. The molecule has 0 saturated carbocycles. The van der Waals surface area contributed by atoms with Crippen molar-refractivity contribution >= 4 is 0 Å². The van der Waals surface area contributed by atoms with E-state index in [1.165, 1.54) is 17.7 Å². The summed E-state index contributed by atoms with van der Waals surface area (Å²) in [6.45, 7) is 8.16. The van der Waals surface area contributed by atoms with E-state index in [9.17, 15) is 0 Å². The van der Waals surface area contributed by atoms with Crippen molar-refractivity contribution in [3.8, 4) is 0 Å². The predicted molar refractivity (Wildman–Crippen MR) is 78.7 cm³/mol. The summed E-state index contributed by atoms with van der Waals surface area (Å²) in [7, 11) is 0. The molecule has 0 aromatic carbocycles. The van der Waals surface area contributed by atoms with Crippen molar-refractivity contribution in [1.29, 1.82) is 0 Å². The van der Waals surface area contributed by atoms with Crippen LogP contribution in [-0.4, -0.2) is 47.5 Å². The second kappa shape index (κ2) is 6.24. The van der Waals surface area contributed by atoms with Gasteiger partial charge in [0.2, 0.25) is 0 Å². The molecule has 2 aliphatic rings. The number of fused-ring (bicyclic) bond motifs is 1. The summed E-state index contributed by atoms with van der Waals surface area (Å²) in [6, 6.07) is 0.201. The predicted octanol–water partition coefficient (Wildman–Crippen LogP) is 1.25. The van der Waals surface area contributed by atoms with Crippen LogP contribution in [0.25, 0.3) is 0 Å². The van der Waals surface area contributed by atoms with Crippen LogP contribution in [0.15, 0.2) is 0 Å². The molecule has 1 saturated heterocycles. The van der Waals surface area contributed by atoms with E-state index in [0.717, 1.165) is 64.3 Å². The average Bonchev–Trinajstić information content (AvgIpc) is 2.78. The van der Waals surface area contributed by atoms with Gasteiger partial charge in [0, 0.05) is 43.5 Å². The summed E-state index contributed by atoms with van der Waals surface area (Å²) in [5.41, 5.74) is 10.1. The molecular formula is C15H26N4O. The molecule has 112 valence electrons. The third-order valence-electron chi connectivity index (χ3n) is 4.53. The molecule has 1 aromatic rings. The largest absolute Gasteiger partial charge is 0.379 e. The maximum atomic E-state index is 6.23. The van der Waals surface area contributed by atoms with Crippen LogP contribution in [-0.2, 0) is 17.7 Å². The Labute approximate surface area is 121 Å². The van der Waals surface area contributed by atoms with Crippen LogP contribution in [0, 0.1) is 6.92 Å². The first-order valence-electron chi connectivity index (χ1n) is 7.87. The number of hydrogen-bond donors (Lipinski definition) is 1. The van der Waals surface area contributed by atoms with Crippen LogP contribution in [0.1, 0.15) is 42.3 Å². The Morgan fingerprint density at radius 3 is 2.90 bits per heavy atom. The molecule has 3 rings (SSSR count). The van der Waals surface area contributed by atoms with Crippen molar-refractivity contribution in [3.63, 3.8) is 0 Å². The Morgan fingerprint density at radius 1 is 1.30 bits per heavy atom. The minimum absolute atomic E-state index is 0.201. The monoisotopic (exact) mass is 278 g/mol. The zero-order valence-electron chi connectivity index (χ0n) is 12.5. The van der Waals surface area contributed by atoms with Gasteiger partial charge in [0.05, 0.1) is 18.9 Å². The highest BCUT2D eigenvalue weighted by atomic mass is 16.5. The summed E-state index contributed by atoms with van der Waals surface area (Å²) >= 11 is 0. The maximum absolute atomic E-state index is 6.23. The van der Waals surface area contributed by atoms with Gasteiger partial charge in [-0.05, 0) is 32.6 Å². The van der Waals surface area contributed by atoms with Gasteiger partial charge < -0.3 is 10.5 Å². The third kappa shape index (κ3) is 2.90. The number of ether oxygens (including phenoxy) is 1. The van der Waals surface area contributed by atoms with Gasteiger partial charge in [-0.15, -0.1) is 0 Å². The Morgan fingerprint density at radius 2 is 2.10 bits per heavy atom. The van der Waals surface area contributed by atoms with Gasteiger partial charge in [-0.1, -0.05) is 0 Å². The van der Waals surface area contributed by atoms with Crippen LogP contribution >= 0.6 is 0 Å². The molecule has 0 amide bonds. The minimum atomic E-state index is 0.201. The molecule has 1 unspecified atom stereocenters. The van der Waals surface area contributed by atoms with E-state index in [1.807, 2.05) is 0 Å². The van der Waals surface area contributed by atoms with Crippen LogP contribution in [0.3, 0.4) is 0 Å². The molecule has 0 radical (unpaired) electrons. The summed E-state index contributed by atoms with van der Waals surface area (Å²) in [6.07, 6.45) is 4.60. The molecule has 5 nitrogen and oxygen atoms in total. The number of morpholine rings is 1. The fourth-order valence-electron chi connectivity index (χ4n) is 3.48. The summed E-state index contributed by atoms with van der Waals surface area (Å²) < 4.78 is 7.59. The lowest BCUT2D eigenvalue weighted by Gasteiger charge is -2.26. The van der Waals surface area contributed by atoms with E-state index in [0.29, 0.717) is 0 Å². The third-order valence-corrected chi connectivity index (χ3v) is 4.53. The quantitative estimate of drug-likeness (QED) is 0.900. The molecule has 1 aliphatic carbocycles. The fourth-order valence-corrected chi connectivity index (χ4v) is 3.48. The van der Waals surface area contributed by atoms with Gasteiger partial charge >= 0.3 is 0 Å². The number of aromatic nitrogens is 2. The minimum Gasteiger partial charge on any atom is -0.379 e. The topological polar surface area (TPSA) is 56.3 Å². The first-order chi connectivity index (χ1) is 9.75. The van der Waals surface area contributed by atoms with E-state index in [4.69, 9.17) is 15.6 Å². The number of nitrogens with zero attached hydrogens (tertiary/aromatic N) is 3. The molecule has 20 heavy (non-hydrogen) atoms. The standard InChI is InChI=1S/C15H26N4O/c1-12-15-13(16)4-2-5-14(15)19(17-12)7-3-6-18-8-10-20-11-9-18/h13H,2-11,16H2,1H3. The van der Waals surface area contributed by atoms with Crippen molar-refractivity contribution in [3.05, 3.63) is 17.0 Å². The van der Waals surface area contributed by atoms with Crippen molar-refractivity contribution in [2.75, 3.05) is 32.8 Å². The van der Waals surface area contributed by atoms with Crippen molar-refractivity contribution < 1.29 is 4.74 Å². The maximum Gasteiger partial charge on any atom is 0.0644 e. The molecule has 1 aliphatic heterocycles. The highest BCUT2D eigenvalue weighted by molar-refractivity contribution is 5.31. The lowest BCUT2D eigenvalue weighted by Crippen LogP contribution is -2.37.